The van der Waals surface area contributed by atoms with Crippen molar-refractivity contribution in [3.8, 4) is 0 Å². The van der Waals surface area contributed by atoms with Crippen LogP contribution in [-0.4, -0.2) is 0 Å². The van der Waals surface area contributed by atoms with E-state index in [9.17, 15) is 0 Å². The molecule has 0 heteroatoms. The van der Waals surface area contributed by atoms with E-state index in [0.29, 0.717) is 0 Å². The second kappa shape index (κ2) is 3.02. The first-order chi connectivity index (χ1) is 12.8. The SMILES string of the molecule is C1C2CC3C4CC56CC7C8CC9CC7C7C5C3C3(C2)CC7(C9)C8C6C3C14. The van der Waals surface area contributed by atoms with Crippen LogP contribution in [0.1, 0.15) is 57.8 Å². The van der Waals surface area contributed by atoms with E-state index < -0.39 is 0 Å². The van der Waals surface area contributed by atoms with Crippen LogP contribution >= 0.6 is 0 Å². The Labute approximate surface area is 157 Å². The Balaban J connectivity index is 1.31. The molecule has 17 bridgehead atoms. The molecule has 0 nitrogen and oxygen atoms in total. The second-order valence-electron chi connectivity index (χ2n) is 14.5. The molecule has 0 aromatic heterocycles. The zero-order chi connectivity index (χ0) is 15.9. The molecule has 26 heavy (non-hydrogen) atoms. The predicted molar refractivity (Wildman–Crippen MR) is 97.7 cm³/mol. The smallest absolute Gasteiger partial charge is 0.0221 e. The lowest BCUT2D eigenvalue weighted by molar-refractivity contribution is -0.487. The van der Waals surface area contributed by atoms with Gasteiger partial charge in [-0.3, -0.25) is 0 Å². The van der Waals surface area contributed by atoms with Crippen LogP contribution in [0.15, 0.2) is 0 Å². The van der Waals surface area contributed by atoms with Gasteiger partial charge in [-0.05, 0) is 157 Å². The first-order valence-corrected chi connectivity index (χ1v) is 12.8. The summed E-state index contributed by atoms with van der Waals surface area (Å²) in [7, 11) is 0. The van der Waals surface area contributed by atoms with Crippen molar-refractivity contribution in [2.24, 2.45) is 99.1 Å². The molecule has 0 N–H and O–H groups in total. The third-order valence-corrected chi connectivity index (χ3v) is 15.2. The van der Waals surface area contributed by atoms with Crippen LogP contribution in [0, 0.1) is 99.1 Å². The molecule has 0 amide bonds. The van der Waals surface area contributed by atoms with E-state index in [0.717, 1.165) is 16.2 Å². The molecule has 0 heterocycles. The lowest BCUT2D eigenvalue weighted by atomic mass is 9.08. The molecular weight excluding hydrogens is 312 g/mol. The molecule has 8 atom stereocenters. The maximum Gasteiger partial charge on any atom is -0.0221 e. The Morgan fingerprint density at radius 1 is 0.385 bits per heavy atom. The molecule has 16 aliphatic rings. The molecule has 0 radical (unpaired) electrons. The van der Waals surface area contributed by atoms with Gasteiger partial charge in [-0.15, -0.1) is 0 Å². The van der Waals surface area contributed by atoms with Gasteiger partial charge in [0.1, 0.15) is 0 Å². The summed E-state index contributed by atoms with van der Waals surface area (Å²) in [6.45, 7) is 0. The molecule has 16 aliphatic carbocycles. The third-order valence-electron chi connectivity index (χ3n) is 15.2. The number of rotatable bonds is 0. The molecule has 3 spiro atoms. The summed E-state index contributed by atoms with van der Waals surface area (Å²) in [5, 5.41) is 0. The van der Waals surface area contributed by atoms with Gasteiger partial charge in [-0.2, -0.15) is 0 Å². The Hall–Kier alpha value is 0. The van der Waals surface area contributed by atoms with Crippen LogP contribution in [0.5, 0.6) is 0 Å². The maximum absolute atomic E-state index is 1.81. The largest absolute Gasteiger partial charge is 0.0470 e. The van der Waals surface area contributed by atoms with Crippen LogP contribution in [-0.2, 0) is 0 Å². The molecule has 8 unspecified atom stereocenters. The molecule has 16 rings (SSSR count). The van der Waals surface area contributed by atoms with E-state index in [2.05, 4.69) is 0 Å². The normalized spacial score (nSPS) is 88.6. The molecular formula is C26H32. The lowest BCUT2D eigenvalue weighted by Gasteiger charge is -2.96. The Morgan fingerprint density at radius 3 is 1.23 bits per heavy atom. The fraction of sp³-hybridized carbons (Fsp3) is 1.00. The average molecular weight is 345 g/mol. The van der Waals surface area contributed by atoms with Crippen molar-refractivity contribution in [3.63, 3.8) is 0 Å². The van der Waals surface area contributed by atoms with Crippen molar-refractivity contribution in [2.75, 3.05) is 0 Å². The highest BCUT2D eigenvalue weighted by molar-refractivity contribution is 5.40. The van der Waals surface area contributed by atoms with Gasteiger partial charge in [0, 0.05) is 0 Å². The van der Waals surface area contributed by atoms with Gasteiger partial charge >= 0.3 is 0 Å². The van der Waals surface area contributed by atoms with Crippen LogP contribution in [0.25, 0.3) is 0 Å². The monoisotopic (exact) mass is 344 g/mol. The van der Waals surface area contributed by atoms with E-state index in [1.54, 1.807) is 57.8 Å². The molecule has 0 saturated heterocycles. The average Bonchev–Trinajstić information content (AvgIpc) is 2.62. The fourth-order valence-corrected chi connectivity index (χ4v) is 16.8. The molecule has 16 saturated carbocycles. The highest BCUT2D eigenvalue weighted by atomic mass is 15.0. The van der Waals surface area contributed by atoms with Gasteiger partial charge in [0.05, 0.1) is 0 Å². The standard InChI is InChI=1S/C26H32/c1-10-2-13-16-7-24-8-17-14-3-11-4-15(17)21-23(24)19(13)25(5-10)9-26(21,6-11)20(14)22(24)18(25)12(1)16/h10-23H,1-9H2. The second-order valence-corrected chi connectivity index (χ2v) is 14.5. The minimum atomic E-state index is 0.928. The predicted octanol–water partition coefficient (Wildman–Crippen LogP) is 5.23. The molecule has 16 fully saturated rings. The molecule has 136 valence electrons. The van der Waals surface area contributed by atoms with Crippen molar-refractivity contribution >= 4 is 0 Å². The van der Waals surface area contributed by atoms with Crippen LogP contribution in [0.2, 0.25) is 0 Å². The van der Waals surface area contributed by atoms with Gasteiger partial charge in [0.15, 0.2) is 0 Å². The Morgan fingerprint density at radius 2 is 0.808 bits per heavy atom. The molecule has 0 aromatic carbocycles. The van der Waals surface area contributed by atoms with Crippen molar-refractivity contribution < 1.29 is 0 Å². The quantitative estimate of drug-likeness (QED) is 0.564. The summed E-state index contributed by atoms with van der Waals surface area (Å²) >= 11 is 0. The van der Waals surface area contributed by atoms with Crippen LogP contribution in [0.4, 0.5) is 0 Å². The zero-order valence-corrected chi connectivity index (χ0v) is 15.9. The summed E-state index contributed by atoms with van der Waals surface area (Å²) in [4.78, 5) is 0. The van der Waals surface area contributed by atoms with Gasteiger partial charge in [-0.1, -0.05) is 0 Å². The minimum absolute atomic E-state index is 0.928. The highest BCUT2D eigenvalue weighted by Crippen LogP contribution is 2.98. The van der Waals surface area contributed by atoms with Crippen molar-refractivity contribution in [2.45, 2.75) is 57.8 Å². The first-order valence-electron chi connectivity index (χ1n) is 12.8. The summed E-state index contributed by atoms with van der Waals surface area (Å²) < 4.78 is 0. The minimum Gasteiger partial charge on any atom is -0.0470 e. The maximum atomic E-state index is 1.81. The number of hydrogen-bond donors (Lipinski definition) is 0. The van der Waals surface area contributed by atoms with Crippen molar-refractivity contribution in [1.82, 2.24) is 0 Å². The van der Waals surface area contributed by atoms with E-state index >= 15 is 0 Å². The third kappa shape index (κ3) is 0.800. The van der Waals surface area contributed by atoms with Crippen LogP contribution in [0.3, 0.4) is 0 Å². The molecule has 0 aliphatic heterocycles. The summed E-state index contributed by atoms with van der Waals surface area (Å²) in [6.07, 6.45) is 15.7. The Kier molecular flexibility index (Phi) is 1.46. The summed E-state index contributed by atoms with van der Waals surface area (Å²) in [5.74, 6) is 17.4. The van der Waals surface area contributed by atoms with E-state index in [1.165, 1.54) is 82.9 Å². The van der Waals surface area contributed by atoms with Crippen molar-refractivity contribution in [1.29, 1.82) is 0 Å². The molecule has 0 aromatic rings. The topological polar surface area (TPSA) is 0 Å². The lowest BCUT2D eigenvalue weighted by Crippen LogP contribution is -2.91. The van der Waals surface area contributed by atoms with Gasteiger partial charge in [0.25, 0.3) is 0 Å². The fourth-order valence-electron chi connectivity index (χ4n) is 16.8. The van der Waals surface area contributed by atoms with E-state index in [1.807, 2.05) is 0 Å². The summed E-state index contributed by atoms with van der Waals surface area (Å²) in [6, 6.07) is 0. The first kappa shape index (κ1) is 12.5. The van der Waals surface area contributed by atoms with Gasteiger partial charge < -0.3 is 0 Å². The van der Waals surface area contributed by atoms with Crippen LogP contribution < -0.4 is 0 Å². The number of hydrogen-bond acceptors (Lipinski definition) is 0. The summed E-state index contributed by atoms with van der Waals surface area (Å²) in [5.41, 5.74) is 2.79. The van der Waals surface area contributed by atoms with Gasteiger partial charge in [0.2, 0.25) is 0 Å². The van der Waals surface area contributed by atoms with E-state index in [4.69, 9.17) is 0 Å². The van der Waals surface area contributed by atoms with E-state index in [-0.39, 0.29) is 0 Å². The zero-order valence-electron chi connectivity index (χ0n) is 15.9. The highest BCUT2D eigenvalue weighted by Gasteiger charge is 2.92. The van der Waals surface area contributed by atoms with Crippen molar-refractivity contribution in [3.05, 3.63) is 0 Å². The Bertz CT molecular complexity index is 725. The van der Waals surface area contributed by atoms with Gasteiger partial charge in [-0.25, -0.2) is 0 Å².